The molecule has 0 N–H and O–H groups in total. The van der Waals surface area contributed by atoms with Crippen LogP contribution in [-0.2, 0) is 6.54 Å². The van der Waals surface area contributed by atoms with Crippen molar-refractivity contribution in [1.29, 1.82) is 0 Å². The summed E-state index contributed by atoms with van der Waals surface area (Å²) in [6, 6.07) is 4.96. The first-order valence-corrected chi connectivity index (χ1v) is 4.39. The van der Waals surface area contributed by atoms with Crippen molar-refractivity contribution in [2.75, 3.05) is 0 Å². The van der Waals surface area contributed by atoms with Crippen molar-refractivity contribution >= 4 is 0 Å². The van der Waals surface area contributed by atoms with E-state index < -0.39 is 0 Å². The van der Waals surface area contributed by atoms with Gasteiger partial charge in [0.1, 0.15) is 0 Å². The first-order chi connectivity index (χ1) is 6.81. The lowest BCUT2D eigenvalue weighted by atomic mass is 10.5. The lowest BCUT2D eigenvalue weighted by Crippen LogP contribution is -2.22. The highest BCUT2D eigenvalue weighted by molar-refractivity contribution is 5.17. The predicted molar refractivity (Wildman–Crippen MR) is 51.3 cm³/mol. The van der Waals surface area contributed by atoms with Gasteiger partial charge in [-0.3, -0.25) is 4.79 Å². The van der Waals surface area contributed by atoms with Crippen molar-refractivity contribution in [1.82, 2.24) is 19.6 Å². The quantitative estimate of drug-likeness (QED) is 0.690. The van der Waals surface area contributed by atoms with E-state index in [1.807, 2.05) is 13.0 Å². The van der Waals surface area contributed by atoms with Crippen molar-refractivity contribution in [2.24, 2.45) is 0 Å². The number of hydrogen-bond donors (Lipinski definition) is 0. The summed E-state index contributed by atoms with van der Waals surface area (Å²) in [6.07, 6.45) is 3.45. The highest BCUT2D eigenvalue weighted by atomic mass is 16.1. The molecule has 0 aliphatic rings. The monoisotopic (exact) mass is 190 g/mol. The standard InChI is InChI=1S/C9H10N4O/c1-2-12-9(14)5-4-8(11-12)13-7-3-6-10-13/h3-7H,2H2,1H3. The Kier molecular flexibility index (Phi) is 2.14. The van der Waals surface area contributed by atoms with Crippen LogP contribution in [0.1, 0.15) is 6.92 Å². The molecule has 0 aromatic carbocycles. The van der Waals surface area contributed by atoms with Crippen LogP contribution in [0.15, 0.2) is 35.4 Å². The Balaban J connectivity index is 2.51. The summed E-state index contributed by atoms with van der Waals surface area (Å²) in [7, 11) is 0. The second-order valence-electron chi connectivity index (χ2n) is 2.80. The van der Waals surface area contributed by atoms with Crippen LogP contribution in [0.4, 0.5) is 0 Å². The van der Waals surface area contributed by atoms with Crippen molar-refractivity contribution in [3.63, 3.8) is 0 Å². The van der Waals surface area contributed by atoms with Crippen LogP contribution in [0.2, 0.25) is 0 Å². The number of rotatable bonds is 2. The molecule has 0 bridgehead atoms. The Labute approximate surface area is 80.6 Å². The zero-order chi connectivity index (χ0) is 9.97. The first-order valence-electron chi connectivity index (χ1n) is 4.39. The van der Waals surface area contributed by atoms with E-state index in [0.29, 0.717) is 12.4 Å². The van der Waals surface area contributed by atoms with Crippen molar-refractivity contribution in [3.05, 3.63) is 40.9 Å². The highest BCUT2D eigenvalue weighted by Gasteiger charge is 2.00. The number of nitrogens with zero attached hydrogens (tertiary/aromatic N) is 4. The van der Waals surface area contributed by atoms with Gasteiger partial charge in [0, 0.05) is 25.0 Å². The number of aromatic nitrogens is 4. The van der Waals surface area contributed by atoms with Gasteiger partial charge < -0.3 is 0 Å². The molecule has 0 fully saturated rings. The third-order valence-corrected chi connectivity index (χ3v) is 1.89. The summed E-state index contributed by atoms with van der Waals surface area (Å²) in [6.45, 7) is 2.44. The largest absolute Gasteiger partial charge is 0.268 e. The van der Waals surface area contributed by atoms with Gasteiger partial charge in [-0.05, 0) is 19.1 Å². The van der Waals surface area contributed by atoms with Crippen LogP contribution in [-0.4, -0.2) is 19.6 Å². The zero-order valence-corrected chi connectivity index (χ0v) is 7.79. The van der Waals surface area contributed by atoms with Gasteiger partial charge in [0.25, 0.3) is 5.56 Å². The molecule has 0 unspecified atom stereocenters. The van der Waals surface area contributed by atoms with Gasteiger partial charge in [0.15, 0.2) is 5.82 Å². The fraction of sp³-hybridized carbons (Fsp3) is 0.222. The summed E-state index contributed by atoms with van der Waals surface area (Å²) in [5.41, 5.74) is -0.0941. The average molecular weight is 190 g/mol. The van der Waals surface area contributed by atoms with Crippen molar-refractivity contribution in [3.8, 4) is 5.82 Å². The van der Waals surface area contributed by atoms with Crippen LogP contribution < -0.4 is 5.56 Å². The summed E-state index contributed by atoms with van der Waals surface area (Å²) < 4.78 is 3.02. The maximum Gasteiger partial charge on any atom is 0.266 e. The van der Waals surface area contributed by atoms with E-state index in [-0.39, 0.29) is 5.56 Å². The molecular formula is C9H10N4O. The minimum atomic E-state index is -0.0941. The summed E-state index contributed by atoms with van der Waals surface area (Å²) >= 11 is 0. The Morgan fingerprint density at radius 1 is 1.43 bits per heavy atom. The van der Waals surface area contributed by atoms with Crippen molar-refractivity contribution in [2.45, 2.75) is 13.5 Å². The minimum Gasteiger partial charge on any atom is -0.268 e. The Bertz CT molecular complexity index is 472. The van der Waals surface area contributed by atoms with Gasteiger partial charge in [0.05, 0.1) is 0 Å². The number of hydrogen-bond acceptors (Lipinski definition) is 3. The Morgan fingerprint density at radius 3 is 2.93 bits per heavy atom. The number of aryl methyl sites for hydroxylation is 1. The SMILES string of the molecule is CCn1nc(-n2cccn2)ccc1=O. The molecule has 0 saturated carbocycles. The molecule has 2 rings (SSSR count). The van der Waals surface area contributed by atoms with Crippen LogP contribution in [0.25, 0.3) is 5.82 Å². The van der Waals surface area contributed by atoms with Gasteiger partial charge in [-0.2, -0.15) is 5.10 Å². The topological polar surface area (TPSA) is 52.7 Å². The molecule has 5 heteroatoms. The molecule has 0 saturated heterocycles. The van der Waals surface area contributed by atoms with Crippen LogP contribution in [0.5, 0.6) is 0 Å². The second-order valence-corrected chi connectivity index (χ2v) is 2.80. The molecule has 2 heterocycles. The van der Waals surface area contributed by atoms with E-state index in [9.17, 15) is 4.79 Å². The molecule has 72 valence electrons. The van der Waals surface area contributed by atoms with E-state index in [1.165, 1.54) is 10.7 Å². The molecule has 0 spiro atoms. The normalized spacial score (nSPS) is 10.4. The van der Waals surface area contributed by atoms with E-state index in [0.717, 1.165) is 0 Å². The third-order valence-electron chi connectivity index (χ3n) is 1.89. The molecule has 0 amide bonds. The molecule has 0 radical (unpaired) electrons. The molecule has 2 aromatic rings. The lowest BCUT2D eigenvalue weighted by Gasteiger charge is -2.03. The molecule has 0 aliphatic heterocycles. The fourth-order valence-electron chi connectivity index (χ4n) is 1.19. The molecule has 2 aromatic heterocycles. The molecule has 14 heavy (non-hydrogen) atoms. The van der Waals surface area contributed by atoms with E-state index in [1.54, 1.807) is 23.1 Å². The van der Waals surface area contributed by atoms with E-state index >= 15 is 0 Å². The maximum absolute atomic E-state index is 11.2. The Hall–Kier alpha value is -1.91. The smallest absolute Gasteiger partial charge is 0.266 e. The molecule has 0 aliphatic carbocycles. The molecular weight excluding hydrogens is 180 g/mol. The zero-order valence-electron chi connectivity index (χ0n) is 7.79. The summed E-state index contributed by atoms with van der Waals surface area (Å²) in [5.74, 6) is 0.649. The van der Waals surface area contributed by atoms with E-state index in [4.69, 9.17) is 0 Å². The van der Waals surface area contributed by atoms with Gasteiger partial charge in [-0.1, -0.05) is 0 Å². The van der Waals surface area contributed by atoms with Gasteiger partial charge in [-0.25, -0.2) is 9.36 Å². The highest BCUT2D eigenvalue weighted by Crippen LogP contribution is 1.97. The maximum atomic E-state index is 11.2. The Morgan fingerprint density at radius 2 is 2.29 bits per heavy atom. The minimum absolute atomic E-state index is 0.0941. The third kappa shape index (κ3) is 1.44. The summed E-state index contributed by atoms with van der Waals surface area (Å²) in [4.78, 5) is 11.2. The summed E-state index contributed by atoms with van der Waals surface area (Å²) in [5, 5.41) is 8.17. The van der Waals surface area contributed by atoms with Crippen LogP contribution in [0.3, 0.4) is 0 Å². The van der Waals surface area contributed by atoms with E-state index in [2.05, 4.69) is 10.2 Å². The first kappa shape index (κ1) is 8.68. The van der Waals surface area contributed by atoms with Gasteiger partial charge in [-0.15, -0.1) is 5.10 Å². The predicted octanol–water partition coefficient (Wildman–Crippen LogP) is 0.449. The average Bonchev–Trinajstić information content (AvgIpc) is 2.71. The fourth-order valence-corrected chi connectivity index (χ4v) is 1.19. The van der Waals surface area contributed by atoms with Gasteiger partial charge >= 0.3 is 0 Å². The lowest BCUT2D eigenvalue weighted by molar-refractivity contribution is 0.599. The molecule has 5 nitrogen and oxygen atoms in total. The second kappa shape index (κ2) is 3.45. The van der Waals surface area contributed by atoms with Crippen LogP contribution >= 0.6 is 0 Å². The van der Waals surface area contributed by atoms with Gasteiger partial charge in [0.2, 0.25) is 0 Å². The molecule has 0 atom stereocenters. The van der Waals surface area contributed by atoms with Crippen LogP contribution in [0, 0.1) is 0 Å². The van der Waals surface area contributed by atoms with Crippen molar-refractivity contribution < 1.29 is 0 Å².